The molecule has 0 heterocycles. The van der Waals surface area contributed by atoms with Gasteiger partial charge in [-0.05, 0) is 31.1 Å². The average Bonchev–Trinajstić information content (AvgIpc) is 3.25. The Bertz CT molecular complexity index is 962. The second-order valence-corrected chi connectivity index (χ2v) is 20.5. The van der Waals surface area contributed by atoms with E-state index in [0.717, 1.165) is 69.6 Å². The lowest BCUT2D eigenvalue weighted by Crippen LogP contribution is -2.30. The summed E-state index contributed by atoms with van der Waals surface area (Å²) in [5, 5.41) is 0. The molecule has 0 aliphatic carbocycles. The Morgan fingerprint density at radius 3 is 0.778 bits per heavy atom. The largest absolute Gasteiger partial charge is 0.462 e. The lowest BCUT2D eigenvalue weighted by atomic mass is 10.0. The summed E-state index contributed by atoms with van der Waals surface area (Å²) in [4.78, 5) is 38.0. The molecule has 0 saturated carbocycles. The minimum absolute atomic E-state index is 0.0641. The van der Waals surface area contributed by atoms with E-state index in [1.54, 1.807) is 0 Å². The molecule has 6 nitrogen and oxygen atoms in total. The van der Waals surface area contributed by atoms with Gasteiger partial charge in [0, 0.05) is 19.3 Å². The third kappa shape index (κ3) is 51.3. The molecule has 63 heavy (non-hydrogen) atoms. The summed E-state index contributed by atoms with van der Waals surface area (Å²) in [7, 11) is 0. The van der Waals surface area contributed by atoms with E-state index >= 15 is 0 Å². The standard InChI is InChI=1S/C57H110O6/c1-6-7-8-9-10-11-12-13-18-22-25-28-31-37-42-47-55(58)61-50-54(63-57(60)49-44-39-34-33-36-41-46-53(4)5)51-62-56(59)48-43-38-32-29-26-23-20-17-15-14-16-19-21-24-27-30-35-40-45-52(2)3/h52-54H,6-51H2,1-5H3/t54-/m1/s1. The molecule has 0 saturated heterocycles. The van der Waals surface area contributed by atoms with Crippen molar-refractivity contribution < 1.29 is 28.6 Å². The van der Waals surface area contributed by atoms with E-state index < -0.39 is 6.10 Å². The summed E-state index contributed by atoms with van der Waals surface area (Å²) in [5.74, 6) is 0.770. The molecule has 0 aromatic rings. The van der Waals surface area contributed by atoms with Gasteiger partial charge < -0.3 is 14.2 Å². The third-order valence-electron chi connectivity index (χ3n) is 13.0. The van der Waals surface area contributed by atoms with Crippen LogP contribution in [-0.4, -0.2) is 37.2 Å². The van der Waals surface area contributed by atoms with E-state index in [-0.39, 0.29) is 31.1 Å². The number of carbonyl (C=O) groups excluding carboxylic acids is 3. The lowest BCUT2D eigenvalue weighted by molar-refractivity contribution is -0.167. The second-order valence-electron chi connectivity index (χ2n) is 20.5. The first kappa shape index (κ1) is 61.4. The molecular weight excluding hydrogens is 781 g/mol. The van der Waals surface area contributed by atoms with Crippen molar-refractivity contribution in [2.45, 2.75) is 323 Å². The molecule has 0 aliphatic rings. The molecule has 374 valence electrons. The Morgan fingerprint density at radius 2 is 0.524 bits per heavy atom. The zero-order chi connectivity index (χ0) is 46.1. The monoisotopic (exact) mass is 891 g/mol. The summed E-state index contributed by atoms with van der Waals surface area (Å²) in [5.41, 5.74) is 0. The molecule has 0 unspecified atom stereocenters. The van der Waals surface area contributed by atoms with Crippen molar-refractivity contribution in [2.24, 2.45) is 11.8 Å². The van der Waals surface area contributed by atoms with Crippen LogP contribution in [0.3, 0.4) is 0 Å². The molecule has 0 aliphatic heterocycles. The maximum atomic E-state index is 12.8. The van der Waals surface area contributed by atoms with Gasteiger partial charge in [0.2, 0.25) is 0 Å². The van der Waals surface area contributed by atoms with Crippen molar-refractivity contribution in [1.29, 1.82) is 0 Å². The molecule has 0 bridgehead atoms. The summed E-state index contributed by atoms with van der Waals surface area (Å²) in [6.07, 6.45) is 52.6. The van der Waals surface area contributed by atoms with Gasteiger partial charge >= 0.3 is 17.9 Å². The van der Waals surface area contributed by atoms with Gasteiger partial charge in [-0.2, -0.15) is 0 Å². The van der Waals surface area contributed by atoms with Crippen molar-refractivity contribution in [1.82, 2.24) is 0 Å². The first-order valence-corrected chi connectivity index (χ1v) is 28.2. The Kier molecular flexibility index (Phi) is 48.6. The van der Waals surface area contributed by atoms with Crippen LogP contribution in [0.2, 0.25) is 0 Å². The summed E-state index contributed by atoms with van der Waals surface area (Å²) in [6, 6.07) is 0. The summed E-state index contributed by atoms with van der Waals surface area (Å²) in [6.45, 7) is 11.3. The third-order valence-corrected chi connectivity index (χ3v) is 13.0. The molecule has 0 spiro atoms. The van der Waals surface area contributed by atoms with E-state index in [1.165, 1.54) is 205 Å². The fourth-order valence-electron chi connectivity index (χ4n) is 8.70. The van der Waals surface area contributed by atoms with Crippen LogP contribution in [0.25, 0.3) is 0 Å². The van der Waals surface area contributed by atoms with E-state index in [0.29, 0.717) is 19.3 Å². The van der Waals surface area contributed by atoms with Crippen molar-refractivity contribution in [2.75, 3.05) is 13.2 Å². The maximum absolute atomic E-state index is 12.8. The van der Waals surface area contributed by atoms with Gasteiger partial charge in [0.1, 0.15) is 13.2 Å². The van der Waals surface area contributed by atoms with E-state index in [1.807, 2.05) is 0 Å². The number of hydrogen-bond acceptors (Lipinski definition) is 6. The number of unbranched alkanes of at least 4 members (excludes halogenated alkanes) is 36. The first-order chi connectivity index (χ1) is 30.7. The van der Waals surface area contributed by atoms with Crippen molar-refractivity contribution in [3.8, 4) is 0 Å². The quantitative estimate of drug-likeness (QED) is 0.0344. The van der Waals surface area contributed by atoms with Crippen LogP contribution in [0.1, 0.15) is 317 Å². The van der Waals surface area contributed by atoms with E-state index in [2.05, 4.69) is 34.6 Å². The molecule has 0 amide bonds. The average molecular weight is 892 g/mol. The summed E-state index contributed by atoms with van der Waals surface area (Å²) < 4.78 is 16.8. The van der Waals surface area contributed by atoms with E-state index in [4.69, 9.17) is 14.2 Å². The van der Waals surface area contributed by atoms with Crippen LogP contribution >= 0.6 is 0 Å². The van der Waals surface area contributed by atoms with Crippen molar-refractivity contribution in [3.05, 3.63) is 0 Å². The molecule has 0 radical (unpaired) electrons. The van der Waals surface area contributed by atoms with Crippen molar-refractivity contribution >= 4 is 17.9 Å². The smallest absolute Gasteiger partial charge is 0.306 e. The van der Waals surface area contributed by atoms with Gasteiger partial charge in [-0.1, -0.05) is 279 Å². The SMILES string of the molecule is CCCCCCCCCCCCCCCCCC(=O)OC[C@H](COC(=O)CCCCCCCCCCCCCCCCCCCCC(C)C)OC(=O)CCCCCCCCC(C)C. The highest BCUT2D eigenvalue weighted by atomic mass is 16.6. The normalized spacial score (nSPS) is 12.0. The van der Waals surface area contributed by atoms with Crippen LogP contribution < -0.4 is 0 Å². The van der Waals surface area contributed by atoms with Crippen LogP contribution in [0.4, 0.5) is 0 Å². The van der Waals surface area contributed by atoms with Gasteiger partial charge in [-0.3, -0.25) is 14.4 Å². The van der Waals surface area contributed by atoms with Gasteiger partial charge in [-0.15, -0.1) is 0 Å². The van der Waals surface area contributed by atoms with Gasteiger partial charge in [-0.25, -0.2) is 0 Å². The highest BCUT2D eigenvalue weighted by molar-refractivity contribution is 5.71. The number of ether oxygens (including phenoxy) is 3. The molecule has 6 heteroatoms. The maximum Gasteiger partial charge on any atom is 0.306 e. The van der Waals surface area contributed by atoms with Crippen LogP contribution in [0.15, 0.2) is 0 Å². The highest BCUT2D eigenvalue weighted by Gasteiger charge is 2.19. The zero-order valence-corrected chi connectivity index (χ0v) is 43.2. The Hall–Kier alpha value is -1.59. The predicted octanol–water partition coefficient (Wildman–Crippen LogP) is 18.5. The molecule has 0 aromatic carbocycles. The minimum atomic E-state index is -0.762. The first-order valence-electron chi connectivity index (χ1n) is 28.2. The van der Waals surface area contributed by atoms with Crippen LogP contribution in [0, 0.1) is 11.8 Å². The molecule has 0 aromatic heterocycles. The number of carbonyl (C=O) groups is 3. The molecule has 1 atom stereocenters. The molecule has 0 rings (SSSR count). The Morgan fingerprint density at radius 1 is 0.302 bits per heavy atom. The van der Waals surface area contributed by atoms with Gasteiger partial charge in [0.15, 0.2) is 6.10 Å². The lowest BCUT2D eigenvalue weighted by Gasteiger charge is -2.18. The van der Waals surface area contributed by atoms with Crippen molar-refractivity contribution in [3.63, 3.8) is 0 Å². The van der Waals surface area contributed by atoms with Gasteiger partial charge in [0.05, 0.1) is 0 Å². The topological polar surface area (TPSA) is 78.9 Å². The number of rotatable bonds is 51. The summed E-state index contributed by atoms with van der Waals surface area (Å²) >= 11 is 0. The molecular formula is C57H110O6. The second kappa shape index (κ2) is 49.8. The van der Waals surface area contributed by atoms with E-state index in [9.17, 15) is 14.4 Å². The predicted molar refractivity (Wildman–Crippen MR) is 270 cm³/mol. The zero-order valence-electron chi connectivity index (χ0n) is 43.2. The molecule has 0 N–H and O–H groups in total. The molecule has 0 fully saturated rings. The van der Waals surface area contributed by atoms with Gasteiger partial charge in [0.25, 0.3) is 0 Å². The fraction of sp³-hybridized carbons (Fsp3) is 0.947. The Balaban J connectivity index is 4.16. The highest BCUT2D eigenvalue weighted by Crippen LogP contribution is 2.18. The fourth-order valence-corrected chi connectivity index (χ4v) is 8.70. The number of esters is 3. The van der Waals surface area contributed by atoms with Crippen LogP contribution in [0.5, 0.6) is 0 Å². The Labute approximate surface area is 393 Å². The number of hydrogen-bond donors (Lipinski definition) is 0. The van der Waals surface area contributed by atoms with Crippen LogP contribution in [-0.2, 0) is 28.6 Å². The minimum Gasteiger partial charge on any atom is -0.462 e.